The van der Waals surface area contributed by atoms with Crippen molar-refractivity contribution in [3.63, 3.8) is 0 Å². The largest absolute Gasteiger partial charge is 0.478 e. The van der Waals surface area contributed by atoms with Gasteiger partial charge >= 0.3 is 5.97 Å². The van der Waals surface area contributed by atoms with Crippen LogP contribution in [-0.2, 0) is 0 Å². The number of benzene rings is 1. The number of para-hydroxylation sites is 1. The minimum atomic E-state index is -0.995. The summed E-state index contributed by atoms with van der Waals surface area (Å²) in [5.74, 6) is -0.465. The van der Waals surface area contributed by atoms with Crippen molar-refractivity contribution < 1.29 is 9.90 Å². The third kappa shape index (κ3) is 1.56. The monoisotopic (exact) mass is 246 g/mol. The van der Waals surface area contributed by atoms with Gasteiger partial charge in [0.1, 0.15) is 11.2 Å². The van der Waals surface area contributed by atoms with Crippen molar-refractivity contribution in [2.24, 2.45) is 0 Å². The maximum atomic E-state index is 11.0. The number of carboxylic acid groups (broad SMARTS) is 1. The third-order valence-corrected chi connectivity index (χ3v) is 2.85. The van der Waals surface area contributed by atoms with Gasteiger partial charge in [-0.05, 0) is 23.7 Å². The fourth-order valence-corrected chi connectivity index (χ4v) is 2.03. The average Bonchev–Trinajstić information content (AvgIpc) is 2.96. The number of imidazole rings is 1. The Balaban J connectivity index is 2.26. The smallest absolute Gasteiger partial charge is 0.337 e. The molecule has 3 rings (SSSR count). The van der Waals surface area contributed by atoms with Crippen molar-refractivity contribution in [2.45, 2.75) is 0 Å². The fourth-order valence-electron chi connectivity index (χ4n) is 1.59. The zero-order chi connectivity index (χ0) is 11.8. The van der Waals surface area contributed by atoms with E-state index in [2.05, 4.69) is 19.6 Å². The summed E-state index contributed by atoms with van der Waals surface area (Å²) in [6, 6.07) is 4.97. The van der Waals surface area contributed by atoms with Gasteiger partial charge in [0, 0.05) is 5.38 Å². The Morgan fingerprint density at radius 1 is 1.41 bits per heavy atom. The van der Waals surface area contributed by atoms with Gasteiger partial charge in [-0.3, -0.25) is 0 Å². The molecule has 0 radical (unpaired) electrons. The minimum absolute atomic E-state index is 0.174. The second-order valence-corrected chi connectivity index (χ2v) is 3.99. The molecule has 7 heteroatoms. The number of hydrogen-bond acceptors (Lipinski definition) is 5. The highest BCUT2D eigenvalue weighted by Gasteiger charge is 2.14. The van der Waals surface area contributed by atoms with Crippen molar-refractivity contribution in [2.75, 3.05) is 0 Å². The molecule has 3 aromatic rings. The summed E-state index contributed by atoms with van der Waals surface area (Å²) >= 11 is 1.22. The predicted molar refractivity (Wildman–Crippen MR) is 62.0 cm³/mol. The van der Waals surface area contributed by atoms with E-state index >= 15 is 0 Å². The quantitative estimate of drug-likeness (QED) is 0.719. The molecule has 0 spiro atoms. The van der Waals surface area contributed by atoms with Crippen LogP contribution in [0.5, 0.6) is 0 Å². The second kappa shape index (κ2) is 3.63. The summed E-state index contributed by atoms with van der Waals surface area (Å²) in [6.07, 6.45) is 0. The fraction of sp³-hybridized carbons (Fsp3) is 0. The van der Waals surface area contributed by atoms with Crippen molar-refractivity contribution in [3.05, 3.63) is 29.1 Å². The number of aromatic nitrogens is 4. The number of carboxylic acids is 1. The normalized spacial score (nSPS) is 10.8. The zero-order valence-corrected chi connectivity index (χ0v) is 9.23. The first kappa shape index (κ1) is 9.91. The lowest BCUT2D eigenvalue weighted by Gasteiger charge is -1.93. The molecular formula is C10H6N4O2S. The van der Waals surface area contributed by atoms with E-state index in [9.17, 15) is 4.79 Å². The molecule has 0 aliphatic rings. The first-order valence-electron chi connectivity index (χ1n) is 4.75. The number of carbonyl (C=O) groups is 1. The van der Waals surface area contributed by atoms with E-state index in [0.29, 0.717) is 22.6 Å². The number of fused-ring (bicyclic) bond motifs is 1. The molecule has 0 atom stereocenters. The summed E-state index contributed by atoms with van der Waals surface area (Å²) in [5.41, 5.74) is 1.90. The molecule has 0 bridgehead atoms. The van der Waals surface area contributed by atoms with E-state index in [0.717, 1.165) is 0 Å². The maximum absolute atomic E-state index is 11.0. The Hall–Kier alpha value is -2.28. The lowest BCUT2D eigenvalue weighted by molar-refractivity contribution is 0.0699. The topological polar surface area (TPSA) is 91.8 Å². The van der Waals surface area contributed by atoms with Gasteiger partial charge in [0.05, 0.1) is 11.1 Å². The van der Waals surface area contributed by atoms with Crippen LogP contribution in [0.3, 0.4) is 0 Å². The number of aromatic carboxylic acids is 1. The van der Waals surface area contributed by atoms with Gasteiger partial charge in [0.15, 0.2) is 5.82 Å². The zero-order valence-electron chi connectivity index (χ0n) is 8.41. The summed E-state index contributed by atoms with van der Waals surface area (Å²) in [6.45, 7) is 0. The molecule has 0 unspecified atom stereocenters. The van der Waals surface area contributed by atoms with Crippen molar-refractivity contribution >= 4 is 28.5 Å². The first-order valence-corrected chi connectivity index (χ1v) is 5.59. The van der Waals surface area contributed by atoms with E-state index < -0.39 is 5.97 Å². The molecule has 84 valence electrons. The van der Waals surface area contributed by atoms with Gasteiger partial charge in [0.2, 0.25) is 0 Å². The summed E-state index contributed by atoms with van der Waals surface area (Å²) in [4.78, 5) is 18.3. The van der Waals surface area contributed by atoms with Crippen LogP contribution in [0.25, 0.3) is 22.6 Å². The standard InChI is InChI=1S/C10H6N4O2S/c15-10(16)5-2-1-3-6-8(5)12-9(11-6)7-4-17-14-13-7/h1-4H,(H,11,12)(H,15,16). The van der Waals surface area contributed by atoms with Crippen LogP contribution < -0.4 is 0 Å². The Kier molecular flexibility index (Phi) is 2.12. The van der Waals surface area contributed by atoms with Gasteiger partial charge < -0.3 is 10.1 Å². The molecule has 17 heavy (non-hydrogen) atoms. The summed E-state index contributed by atoms with van der Waals surface area (Å²) < 4.78 is 3.74. The van der Waals surface area contributed by atoms with Crippen LogP contribution in [0, 0.1) is 0 Å². The molecule has 0 saturated carbocycles. The highest BCUT2D eigenvalue weighted by Crippen LogP contribution is 2.21. The number of nitrogens with zero attached hydrogens (tertiary/aromatic N) is 3. The number of rotatable bonds is 2. The molecule has 0 amide bonds. The Morgan fingerprint density at radius 2 is 2.29 bits per heavy atom. The lowest BCUT2D eigenvalue weighted by Crippen LogP contribution is -1.96. The third-order valence-electron chi connectivity index (χ3n) is 2.35. The van der Waals surface area contributed by atoms with E-state index in [1.165, 1.54) is 17.6 Å². The van der Waals surface area contributed by atoms with Crippen LogP contribution in [0.15, 0.2) is 23.6 Å². The first-order chi connectivity index (χ1) is 8.25. The number of nitrogens with one attached hydrogen (secondary N) is 1. The molecule has 2 N–H and O–H groups in total. The molecule has 6 nitrogen and oxygen atoms in total. The Bertz CT molecular complexity index is 689. The number of aromatic amines is 1. The predicted octanol–water partition coefficient (Wildman–Crippen LogP) is 1.78. The molecule has 0 fully saturated rings. The van der Waals surface area contributed by atoms with Crippen molar-refractivity contribution in [3.8, 4) is 11.5 Å². The molecular weight excluding hydrogens is 240 g/mol. The van der Waals surface area contributed by atoms with Crippen molar-refractivity contribution in [1.82, 2.24) is 19.6 Å². The van der Waals surface area contributed by atoms with Gasteiger partial charge in [-0.25, -0.2) is 9.78 Å². The van der Waals surface area contributed by atoms with Gasteiger partial charge in [-0.15, -0.1) is 5.10 Å². The molecule has 0 saturated heterocycles. The van der Waals surface area contributed by atoms with Crippen LogP contribution >= 0.6 is 11.5 Å². The lowest BCUT2D eigenvalue weighted by atomic mass is 10.2. The van der Waals surface area contributed by atoms with Gasteiger partial charge in [0.25, 0.3) is 0 Å². The van der Waals surface area contributed by atoms with E-state index in [4.69, 9.17) is 5.11 Å². The number of hydrogen-bond donors (Lipinski definition) is 2. The summed E-state index contributed by atoms with van der Waals surface area (Å²) in [7, 11) is 0. The van der Waals surface area contributed by atoms with Crippen LogP contribution in [-0.4, -0.2) is 30.6 Å². The van der Waals surface area contributed by atoms with E-state index in [-0.39, 0.29) is 5.56 Å². The second-order valence-electron chi connectivity index (χ2n) is 3.38. The highest BCUT2D eigenvalue weighted by atomic mass is 32.1. The van der Waals surface area contributed by atoms with Crippen LogP contribution in [0.2, 0.25) is 0 Å². The van der Waals surface area contributed by atoms with E-state index in [1.54, 1.807) is 17.5 Å². The molecule has 1 aromatic carbocycles. The Labute approximate surface area is 99.1 Å². The SMILES string of the molecule is O=C(O)c1cccc2[nH]c(-c3csnn3)nc12. The van der Waals surface area contributed by atoms with Crippen LogP contribution in [0.4, 0.5) is 0 Å². The van der Waals surface area contributed by atoms with Gasteiger partial charge in [-0.1, -0.05) is 10.6 Å². The highest BCUT2D eigenvalue weighted by molar-refractivity contribution is 7.03. The average molecular weight is 246 g/mol. The maximum Gasteiger partial charge on any atom is 0.337 e. The number of H-pyrrole nitrogens is 1. The molecule has 0 aliphatic carbocycles. The summed E-state index contributed by atoms with van der Waals surface area (Å²) in [5, 5.41) is 14.7. The molecule has 2 heterocycles. The van der Waals surface area contributed by atoms with E-state index in [1.807, 2.05) is 0 Å². The molecule has 2 aromatic heterocycles. The van der Waals surface area contributed by atoms with Gasteiger partial charge in [-0.2, -0.15) is 0 Å². The minimum Gasteiger partial charge on any atom is -0.478 e. The van der Waals surface area contributed by atoms with Crippen molar-refractivity contribution in [1.29, 1.82) is 0 Å². The Morgan fingerprint density at radius 3 is 3.00 bits per heavy atom. The van der Waals surface area contributed by atoms with Crippen LogP contribution in [0.1, 0.15) is 10.4 Å². The molecule has 0 aliphatic heterocycles.